The molecular weight excluding hydrogens is 264 g/mol. The number of hydrogen-bond donors (Lipinski definition) is 2. The lowest BCUT2D eigenvalue weighted by Crippen LogP contribution is -2.42. The topological polar surface area (TPSA) is 56.1 Å². The van der Waals surface area contributed by atoms with Gasteiger partial charge in [-0.2, -0.15) is 0 Å². The van der Waals surface area contributed by atoms with Crippen molar-refractivity contribution in [3.63, 3.8) is 0 Å². The van der Waals surface area contributed by atoms with E-state index in [1.165, 1.54) is 0 Å². The summed E-state index contributed by atoms with van der Waals surface area (Å²) in [6, 6.07) is 7.65. The molecule has 0 spiro atoms. The zero-order valence-corrected chi connectivity index (χ0v) is 11.2. The van der Waals surface area contributed by atoms with Crippen molar-refractivity contribution in [1.29, 1.82) is 0 Å². The number of aliphatic hydroxyl groups is 2. The molecule has 5 heteroatoms. The van der Waals surface area contributed by atoms with Crippen LogP contribution in [-0.2, 0) is 5.60 Å². The van der Waals surface area contributed by atoms with Gasteiger partial charge in [0, 0.05) is 24.3 Å². The maximum absolute atomic E-state index is 10.8. The molecule has 1 atom stereocenters. The summed E-state index contributed by atoms with van der Waals surface area (Å²) in [6.07, 6.45) is 0.974. The Morgan fingerprint density at radius 3 is 2.95 bits per heavy atom. The van der Waals surface area contributed by atoms with E-state index in [1.807, 2.05) is 29.2 Å². The zero-order chi connectivity index (χ0) is 12.6. The van der Waals surface area contributed by atoms with Crippen molar-refractivity contribution in [3.8, 4) is 11.8 Å². The number of aliphatic hydroxyl groups excluding tert-OH is 1. The number of benzene rings is 1. The highest BCUT2D eigenvalue weighted by atomic mass is 35.5. The fraction of sp³-hybridized carbons (Fsp3) is 0.357. The zero-order valence-electron chi connectivity index (χ0n) is 10.3. The molecule has 1 aromatic carbocycles. The summed E-state index contributed by atoms with van der Waals surface area (Å²) >= 11 is 0. The van der Waals surface area contributed by atoms with Crippen LogP contribution < -0.4 is 4.90 Å². The second kappa shape index (κ2) is 5.22. The van der Waals surface area contributed by atoms with E-state index >= 15 is 0 Å². The van der Waals surface area contributed by atoms with E-state index in [9.17, 15) is 5.11 Å². The number of fused-ring (bicyclic) bond motifs is 3. The first-order valence-electron chi connectivity index (χ1n) is 6.02. The van der Waals surface area contributed by atoms with Crippen molar-refractivity contribution in [1.82, 2.24) is 0 Å². The number of hydrogen-bond acceptors (Lipinski definition) is 4. The number of anilines is 1. The molecule has 2 N–H and O–H groups in total. The van der Waals surface area contributed by atoms with E-state index in [1.54, 1.807) is 0 Å². The molecule has 2 heterocycles. The molecule has 4 nitrogen and oxygen atoms in total. The minimum Gasteiger partial charge on any atom is -0.384 e. The Labute approximate surface area is 118 Å². The number of halogens is 1. The smallest absolute Gasteiger partial charge is 0.211 e. The van der Waals surface area contributed by atoms with Crippen LogP contribution in [0.2, 0.25) is 0 Å². The van der Waals surface area contributed by atoms with Gasteiger partial charge in [-0.3, -0.25) is 4.99 Å². The van der Waals surface area contributed by atoms with E-state index in [0.29, 0.717) is 12.4 Å². The molecule has 0 radical (unpaired) electrons. The van der Waals surface area contributed by atoms with Crippen LogP contribution in [0.15, 0.2) is 29.3 Å². The largest absolute Gasteiger partial charge is 0.384 e. The Bertz CT molecular complexity index is 576. The lowest BCUT2D eigenvalue weighted by molar-refractivity contribution is 0.177. The third-order valence-electron chi connectivity index (χ3n) is 3.31. The average molecular weight is 279 g/mol. The maximum Gasteiger partial charge on any atom is 0.211 e. The Hall–Kier alpha value is -1.54. The molecule has 100 valence electrons. The molecule has 0 fully saturated rings. The highest BCUT2D eigenvalue weighted by Crippen LogP contribution is 2.41. The van der Waals surface area contributed by atoms with Crippen LogP contribution in [0.25, 0.3) is 0 Å². The summed E-state index contributed by atoms with van der Waals surface area (Å²) in [6.45, 7) is 1.29. The first-order chi connectivity index (χ1) is 8.77. The van der Waals surface area contributed by atoms with Crippen molar-refractivity contribution in [2.75, 3.05) is 24.6 Å². The second-order valence-corrected chi connectivity index (χ2v) is 4.40. The van der Waals surface area contributed by atoms with Gasteiger partial charge in [0.1, 0.15) is 6.61 Å². The molecule has 0 aliphatic carbocycles. The summed E-state index contributed by atoms with van der Waals surface area (Å²) in [5.74, 6) is 5.89. The summed E-state index contributed by atoms with van der Waals surface area (Å²) in [7, 11) is 0. The van der Waals surface area contributed by atoms with Gasteiger partial charge in [0.2, 0.25) is 5.60 Å². The Kier molecular flexibility index (Phi) is 3.81. The Balaban J connectivity index is 0.00000133. The molecule has 0 bridgehead atoms. The fourth-order valence-electron chi connectivity index (χ4n) is 2.58. The molecule has 2 aliphatic rings. The van der Waals surface area contributed by atoms with Crippen LogP contribution in [0.1, 0.15) is 12.0 Å². The number of amidine groups is 1. The minimum atomic E-state index is -1.38. The molecule has 0 saturated carbocycles. The monoisotopic (exact) mass is 278 g/mol. The third kappa shape index (κ3) is 2.00. The predicted octanol–water partition coefficient (Wildman–Crippen LogP) is 0.914. The lowest BCUT2D eigenvalue weighted by Gasteiger charge is -2.27. The molecule has 0 amide bonds. The van der Waals surface area contributed by atoms with Crippen LogP contribution in [0.4, 0.5) is 5.69 Å². The van der Waals surface area contributed by atoms with E-state index in [2.05, 4.69) is 16.8 Å². The molecule has 1 aromatic rings. The Morgan fingerprint density at radius 1 is 1.37 bits per heavy atom. The van der Waals surface area contributed by atoms with Gasteiger partial charge in [0.05, 0.1) is 0 Å². The summed E-state index contributed by atoms with van der Waals surface area (Å²) in [5, 5.41) is 19.7. The maximum atomic E-state index is 10.8. The van der Waals surface area contributed by atoms with Gasteiger partial charge in [-0.1, -0.05) is 30.0 Å². The fourth-order valence-corrected chi connectivity index (χ4v) is 2.58. The van der Waals surface area contributed by atoms with Gasteiger partial charge in [-0.25, -0.2) is 0 Å². The summed E-state index contributed by atoms with van der Waals surface area (Å²) < 4.78 is 0. The first-order valence-corrected chi connectivity index (χ1v) is 6.02. The van der Waals surface area contributed by atoms with Gasteiger partial charge in [-0.05, 0) is 12.5 Å². The average Bonchev–Trinajstić information content (AvgIpc) is 2.69. The molecule has 1 unspecified atom stereocenters. The van der Waals surface area contributed by atoms with Gasteiger partial charge in [0.25, 0.3) is 0 Å². The molecule has 3 rings (SSSR count). The number of para-hydroxylation sites is 1. The highest BCUT2D eigenvalue weighted by Gasteiger charge is 2.47. The molecule has 0 saturated heterocycles. The number of nitrogens with zero attached hydrogens (tertiary/aromatic N) is 2. The van der Waals surface area contributed by atoms with Gasteiger partial charge in [-0.15, -0.1) is 12.4 Å². The normalized spacial score (nSPS) is 23.5. The van der Waals surface area contributed by atoms with E-state index in [0.717, 1.165) is 24.2 Å². The van der Waals surface area contributed by atoms with Gasteiger partial charge < -0.3 is 15.1 Å². The van der Waals surface area contributed by atoms with Crippen molar-refractivity contribution >= 4 is 23.9 Å². The van der Waals surface area contributed by atoms with Crippen LogP contribution in [0.3, 0.4) is 0 Å². The standard InChI is InChI=1S/C14H14N2O2.ClH/c17-10-3-7-14(18)11-5-1-2-6-12(11)16-9-4-8-15-13(14)16;/h1-2,5-6,17-18H,4,8-10H2;1H. The quantitative estimate of drug-likeness (QED) is 0.694. The van der Waals surface area contributed by atoms with Crippen molar-refractivity contribution < 1.29 is 10.2 Å². The molecular formula is C14H15ClN2O2. The van der Waals surface area contributed by atoms with Crippen molar-refractivity contribution in [2.24, 2.45) is 4.99 Å². The van der Waals surface area contributed by atoms with Gasteiger partial charge >= 0.3 is 0 Å². The van der Waals surface area contributed by atoms with E-state index in [-0.39, 0.29) is 19.0 Å². The summed E-state index contributed by atoms with van der Waals surface area (Å²) in [5.41, 5.74) is 0.344. The SMILES string of the molecule is Cl.OCC#CC1(O)C2=NCCCN2c2ccccc21. The third-order valence-corrected chi connectivity index (χ3v) is 3.31. The second-order valence-electron chi connectivity index (χ2n) is 4.40. The van der Waals surface area contributed by atoms with Crippen molar-refractivity contribution in [3.05, 3.63) is 29.8 Å². The first kappa shape index (κ1) is 13.9. The number of rotatable bonds is 0. The van der Waals surface area contributed by atoms with Crippen LogP contribution in [0.5, 0.6) is 0 Å². The van der Waals surface area contributed by atoms with E-state index < -0.39 is 5.60 Å². The molecule has 0 aromatic heterocycles. The minimum absolute atomic E-state index is 0. The molecule has 19 heavy (non-hydrogen) atoms. The summed E-state index contributed by atoms with van der Waals surface area (Å²) in [4.78, 5) is 6.44. The highest BCUT2D eigenvalue weighted by molar-refractivity contribution is 6.12. The number of aliphatic imine (C=N–C) groups is 1. The Morgan fingerprint density at radius 2 is 2.16 bits per heavy atom. The van der Waals surface area contributed by atoms with E-state index in [4.69, 9.17) is 5.11 Å². The lowest BCUT2D eigenvalue weighted by atomic mass is 9.95. The predicted molar refractivity (Wildman–Crippen MR) is 76.7 cm³/mol. The van der Waals surface area contributed by atoms with Crippen LogP contribution in [-0.4, -0.2) is 35.7 Å². The van der Waals surface area contributed by atoms with Crippen LogP contribution >= 0.6 is 12.4 Å². The van der Waals surface area contributed by atoms with Crippen LogP contribution in [0, 0.1) is 11.8 Å². The van der Waals surface area contributed by atoms with Crippen molar-refractivity contribution in [2.45, 2.75) is 12.0 Å². The molecule has 2 aliphatic heterocycles. The van der Waals surface area contributed by atoms with Gasteiger partial charge in [0.15, 0.2) is 5.84 Å².